The van der Waals surface area contributed by atoms with Gasteiger partial charge >= 0.3 is 6.18 Å². The first-order valence-corrected chi connectivity index (χ1v) is 5.83. The van der Waals surface area contributed by atoms with Crippen molar-refractivity contribution in [2.75, 3.05) is 6.54 Å². The van der Waals surface area contributed by atoms with Crippen molar-refractivity contribution in [1.29, 1.82) is 0 Å². The summed E-state index contributed by atoms with van der Waals surface area (Å²) in [5.74, 6) is -0.790. The number of alkyl halides is 3. The lowest BCUT2D eigenvalue weighted by atomic mass is 10.2. The highest BCUT2D eigenvalue weighted by atomic mass is 19.4. The Morgan fingerprint density at radius 2 is 1.95 bits per heavy atom. The number of benzene rings is 1. The van der Waals surface area contributed by atoms with Crippen LogP contribution in [0.3, 0.4) is 0 Å². The van der Waals surface area contributed by atoms with E-state index in [-0.39, 0.29) is 5.56 Å². The zero-order valence-electron chi connectivity index (χ0n) is 10.6. The highest BCUT2D eigenvalue weighted by Gasteiger charge is 2.28. The predicted octanol–water partition coefficient (Wildman–Crippen LogP) is 2.47. The van der Waals surface area contributed by atoms with Crippen molar-refractivity contribution < 1.29 is 18.0 Å². The molecule has 1 heterocycles. The van der Waals surface area contributed by atoms with Crippen LogP contribution in [-0.2, 0) is 0 Å². The molecule has 20 heavy (non-hydrogen) atoms. The Morgan fingerprint density at radius 3 is 2.55 bits per heavy atom. The average molecular weight is 283 g/mol. The minimum absolute atomic E-state index is 0.123. The molecule has 4 nitrogen and oxygen atoms in total. The number of carbonyl (C=O) groups is 1. The fourth-order valence-corrected chi connectivity index (χ4v) is 1.74. The summed E-state index contributed by atoms with van der Waals surface area (Å²) < 4.78 is 37.7. The van der Waals surface area contributed by atoms with E-state index in [1.165, 1.54) is 10.9 Å². The Hall–Kier alpha value is -2.31. The molecule has 7 heteroatoms. The third-order valence-corrected chi connectivity index (χ3v) is 2.70. The van der Waals surface area contributed by atoms with Crippen LogP contribution in [0, 0.1) is 6.92 Å². The van der Waals surface area contributed by atoms with Gasteiger partial charge < -0.3 is 5.32 Å². The van der Waals surface area contributed by atoms with E-state index >= 15 is 0 Å². The molecule has 0 aliphatic heterocycles. The van der Waals surface area contributed by atoms with Crippen molar-refractivity contribution in [3.05, 3.63) is 47.8 Å². The van der Waals surface area contributed by atoms with Gasteiger partial charge in [-0.3, -0.25) is 4.79 Å². The molecule has 1 amide bonds. The summed E-state index contributed by atoms with van der Waals surface area (Å²) in [6.45, 7) is 0.268. The fraction of sp³-hybridized carbons (Fsp3) is 0.231. The van der Waals surface area contributed by atoms with E-state index < -0.39 is 18.6 Å². The molecule has 0 saturated heterocycles. The highest BCUT2D eigenvalue weighted by Crippen LogP contribution is 2.15. The maximum absolute atomic E-state index is 12.1. The van der Waals surface area contributed by atoms with Gasteiger partial charge in [-0.05, 0) is 19.1 Å². The average Bonchev–Trinajstić information content (AvgIpc) is 2.78. The van der Waals surface area contributed by atoms with Crippen molar-refractivity contribution in [3.63, 3.8) is 0 Å². The van der Waals surface area contributed by atoms with Gasteiger partial charge in [0.15, 0.2) is 0 Å². The molecule has 0 atom stereocenters. The maximum atomic E-state index is 12.1. The van der Waals surface area contributed by atoms with Gasteiger partial charge in [-0.15, -0.1) is 0 Å². The lowest BCUT2D eigenvalue weighted by Crippen LogP contribution is -2.33. The normalized spacial score (nSPS) is 11.4. The second kappa shape index (κ2) is 5.36. The Kier molecular flexibility index (Phi) is 3.78. The number of para-hydroxylation sites is 1. The van der Waals surface area contributed by atoms with Crippen LogP contribution in [0.5, 0.6) is 0 Å². The molecule has 1 N–H and O–H groups in total. The predicted molar refractivity (Wildman–Crippen MR) is 66.7 cm³/mol. The number of nitrogens with one attached hydrogen (secondary N) is 1. The molecule has 0 saturated carbocycles. The number of nitrogens with zero attached hydrogens (tertiary/aromatic N) is 2. The maximum Gasteiger partial charge on any atom is 0.405 e. The van der Waals surface area contributed by atoms with Crippen LogP contribution in [0.1, 0.15) is 16.1 Å². The molecule has 1 aromatic heterocycles. The van der Waals surface area contributed by atoms with E-state index in [4.69, 9.17) is 0 Å². The summed E-state index contributed by atoms with van der Waals surface area (Å²) in [6, 6.07) is 9.02. The second-order valence-electron chi connectivity index (χ2n) is 4.19. The van der Waals surface area contributed by atoms with Crippen LogP contribution in [0.4, 0.5) is 13.2 Å². The van der Waals surface area contributed by atoms with Crippen molar-refractivity contribution in [2.24, 2.45) is 0 Å². The number of carbonyl (C=O) groups excluding carboxylic acids is 1. The van der Waals surface area contributed by atoms with E-state index in [2.05, 4.69) is 5.10 Å². The van der Waals surface area contributed by atoms with Crippen LogP contribution in [0.15, 0.2) is 36.5 Å². The summed E-state index contributed by atoms with van der Waals surface area (Å²) in [5, 5.41) is 5.85. The quantitative estimate of drug-likeness (QED) is 0.940. The standard InChI is InChI=1S/C13H12F3N3O/c1-9-11(12(20)17-8-13(14,15)16)7-18-19(9)10-5-3-2-4-6-10/h2-7H,8H2,1H3,(H,17,20). The minimum atomic E-state index is -4.43. The number of hydrogen-bond acceptors (Lipinski definition) is 2. The molecule has 0 radical (unpaired) electrons. The molecule has 2 rings (SSSR count). The minimum Gasteiger partial charge on any atom is -0.343 e. The fourth-order valence-electron chi connectivity index (χ4n) is 1.74. The molecule has 0 bridgehead atoms. The molecule has 1 aromatic carbocycles. The number of aromatic nitrogens is 2. The topological polar surface area (TPSA) is 46.9 Å². The van der Waals surface area contributed by atoms with Crippen LogP contribution >= 0.6 is 0 Å². The Balaban J connectivity index is 2.19. The van der Waals surface area contributed by atoms with E-state index in [1.54, 1.807) is 31.2 Å². The largest absolute Gasteiger partial charge is 0.405 e. The van der Waals surface area contributed by atoms with Crippen LogP contribution in [0.25, 0.3) is 5.69 Å². The van der Waals surface area contributed by atoms with Crippen LogP contribution < -0.4 is 5.32 Å². The first-order valence-electron chi connectivity index (χ1n) is 5.83. The summed E-state index contributed by atoms with van der Waals surface area (Å²) in [7, 11) is 0. The zero-order chi connectivity index (χ0) is 14.8. The van der Waals surface area contributed by atoms with Crippen molar-refractivity contribution >= 4 is 5.91 Å². The number of hydrogen-bond donors (Lipinski definition) is 1. The first-order chi connectivity index (χ1) is 9.38. The Labute approximate surface area is 113 Å². The van der Waals surface area contributed by atoms with Crippen molar-refractivity contribution in [3.8, 4) is 5.69 Å². The molecule has 0 unspecified atom stereocenters. The summed E-state index contributed by atoms with van der Waals surface area (Å²) in [5.41, 5.74) is 1.34. The van der Waals surface area contributed by atoms with Crippen LogP contribution in [0.2, 0.25) is 0 Å². The number of amides is 1. The monoisotopic (exact) mass is 283 g/mol. The molecule has 0 fully saturated rings. The van der Waals surface area contributed by atoms with Crippen LogP contribution in [-0.4, -0.2) is 28.4 Å². The number of halogens is 3. The number of rotatable bonds is 3. The van der Waals surface area contributed by atoms with Crippen molar-refractivity contribution in [2.45, 2.75) is 13.1 Å². The van der Waals surface area contributed by atoms with E-state index in [0.29, 0.717) is 5.69 Å². The molecule has 2 aromatic rings. The van der Waals surface area contributed by atoms with Gasteiger partial charge in [-0.2, -0.15) is 18.3 Å². The lowest BCUT2D eigenvalue weighted by Gasteiger charge is -2.08. The summed E-state index contributed by atoms with van der Waals surface area (Å²) in [4.78, 5) is 11.7. The second-order valence-corrected chi connectivity index (χ2v) is 4.19. The SMILES string of the molecule is Cc1c(C(=O)NCC(F)(F)F)cnn1-c1ccccc1. The summed E-state index contributed by atoms with van der Waals surface area (Å²) in [6.07, 6.45) is -3.17. The highest BCUT2D eigenvalue weighted by molar-refractivity contribution is 5.95. The van der Waals surface area contributed by atoms with E-state index in [1.807, 2.05) is 11.4 Å². The van der Waals surface area contributed by atoms with Gasteiger partial charge in [0.2, 0.25) is 0 Å². The molecule has 106 valence electrons. The smallest absolute Gasteiger partial charge is 0.343 e. The van der Waals surface area contributed by atoms with Gasteiger partial charge in [0.1, 0.15) is 6.54 Å². The molecule has 0 spiro atoms. The van der Waals surface area contributed by atoms with E-state index in [0.717, 1.165) is 5.69 Å². The van der Waals surface area contributed by atoms with Gasteiger partial charge in [0.25, 0.3) is 5.91 Å². The van der Waals surface area contributed by atoms with Gasteiger partial charge in [-0.25, -0.2) is 4.68 Å². The molecular weight excluding hydrogens is 271 g/mol. The van der Waals surface area contributed by atoms with Gasteiger partial charge in [0.05, 0.1) is 23.1 Å². The molecular formula is C13H12F3N3O. The van der Waals surface area contributed by atoms with Gasteiger partial charge in [-0.1, -0.05) is 18.2 Å². The first kappa shape index (κ1) is 14.1. The Morgan fingerprint density at radius 1 is 1.30 bits per heavy atom. The molecule has 0 aliphatic carbocycles. The zero-order valence-corrected chi connectivity index (χ0v) is 10.6. The van der Waals surface area contributed by atoms with Gasteiger partial charge in [0, 0.05) is 0 Å². The van der Waals surface area contributed by atoms with E-state index in [9.17, 15) is 18.0 Å². The Bertz CT molecular complexity index is 605. The molecule has 0 aliphatic rings. The lowest BCUT2D eigenvalue weighted by molar-refractivity contribution is -0.123. The third kappa shape index (κ3) is 3.17. The third-order valence-electron chi connectivity index (χ3n) is 2.70. The van der Waals surface area contributed by atoms with Crippen molar-refractivity contribution in [1.82, 2.24) is 15.1 Å². The summed E-state index contributed by atoms with van der Waals surface area (Å²) >= 11 is 0.